The number of carbonyl (C=O) groups excluding carboxylic acids is 1. The van der Waals surface area contributed by atoms with Gasteiger partial charge in [-0.15, -0.1) is 0 Å². The molecule has 5 heteroatoms. The van der Waals surface area contributed by atoms with Crippen LogP contribution in [0.25, 0.3) is 0 Å². The summed E-state index contributed by atoms with van der Waals surface area (Å²) in [6, 6.07) is 5.12. The molecule has 1 heterocycles. The molecule has 0 fully saturated rings. The summed E-state index contributed by atoms with van der Waals surface area (Å²) in [5, 5.41) is 11.7. The number of carboxylic acids is 1. The van der Waals surface area contributed by atoms with E-state index in [-0.39, 0.29) is 12.3 Å². The zero-order valence-corrected chi connectivity index (χ0v) is 10.4. The van der Waals surface area contributed by atoms with Crippen LogP contribution in [0.5, 0.6) is 0 Å². The largest absolute Gasteiger partial charge is 0.481 e. The fourth-order valence-corrected chi connectivity index (χ4v) is 2.26. The van der Waals surface area contributed by atoms with Crippen molar-refractivity contribution in [2.24, 2.45) is 0 Å². The van der Waals surface area contributed by atoms with Gasteiger partial charge in [0.2, 0.25) is 5.91 Å². The standard InChI is InChI=1S/C13H16N2O3/c1-3-8-5-4-6-9-12(8)14-13(18)10(15(9)2)7-11(16)17/h4-6,10H,3,7H2,1-2H3,(H,14,18)(H,16,17). The van der Waals surface area contributed by atoms with Crippen molar-refractivity contribution < 1.29 is 14.7 Å². The summed E-state index contributed by atoms with van der Waals surface area (Å²) >= 11 is 0. The van der Waals surface area contributed by atoms with Gasteiger partial charge in [-0.3, -0.25) is 9.59 Å². The van der Waals surface area contributed by atoms with Gasteiger partial charge >= 0.3 is 5.97 Å². The number of aryl methyl sites for hydroxylation is 1. The third-order valence-corrected chi connectivity index (χ3v) is 3.28. The highest BCUT2D eigenvalue weighted by Crippen LogP contribution is 2.34. The summed E-state index contributed by atoms with van der Waals surface area (Å²) in [5.41, 5.74) is 2.73. The zero-order valence-electron chi connectivity index (χ0n) is 10.4. The first kappa shape index (κ1) is 12.4. The molecule has 2 N–H and O–H groups in total. The van der Waals surface area contributed by atoms with Crippen LogP contribution < -0.4 is 10.2 Å². The summed E-state index contributed by atoms with van der Waals surface area (Å²) in [7, 11) is 1.75. The second-order valence-electron chi connectivity index (χ2n) is 4.38. The van der Waals surface area contributed by atoms with E-state index in [1.54, 1.807) is 11.9 Å². The Balaban J connectivity index is 2.41. The molecule has 1 aromatic rings. The van der Waals surface area contributed by atoms with Gasteiger partial charge in [-0.1, -0.05) is 19.1 Å². The summed E-state index contributed by atoms with van der Waals surface area (Å²) in [4.78, 5) is 24.5. The average molecular weight is 248 g/mol. The molecule has 96 valence electrons. The second-order valence-corrected chi connectivity index (χ2v) is 4.38. The minimum atomic E-state index is -0.975. The van der Waals surface area contributed by atoms with Crippen LogP contribution in [-0.4, -0.2) is 30.1 Å². The maximum atomic E-state index is 12.0. The van der Waals surface area contributed by atoms with Crippen LogP contribution in [-0.2, 0) is 16.0 Å². The average Bonchev–Trinajstić information content (AvgIpc) is 2.33. The monoisotopic (exact) mass is 248 g/mol. The van der Waals surface area contributed by atoms with E-state index in [0.717, 1.165) is 23.4 Å². The number of rotatable bonds is 3. The van der Waals surface area contributed by atoms with E-state index < -0.39 is 12.0 Å². The fraction of sp³-hybridized carbons (Fsp3) is 0.385. The van der Waals surface area contributed by atoms with E-state index in [2.05, 4.69) is 5.32 Å². The molecule has 1 aromatic carbocycles. The Morgan fingerprint density at radius 1 is 1.50 bits per heavy atom. The predicted octanol–water partition coefficient (Wildman–Crippen LogP) is 1.48. The van der Waals surface area contributed by atoms with Crippen molar-refractivity contribution in [2.75, 3.05) is 17.3 Å². The van der Waals surface area contributed by atoms with E-state index in [4.69, 9.17) is 5.11 Å². The third kappa shape index (κ3) is 2.03. The smallest absolute Gasteiger partial charge is 0.305 e. The molecule has 0 saturated heterocycles. The number of likely N-dealkylation sites (N-methyl/N-ethyl adjacent to an activating group) is 1. The Kier molecular flexibility index (Phi) is 3.23. The minimum Gasteiger partial charge on any atom is -0.481 e. The Bertz CT molecular complexity index is 499. The van der Waals surface area contributed by atoms with Crippen LogP contribution in [0.1, 0.15) is 18.9 Å². The molecule has 0 spiro atoms. The molecule has 18 heavy (non-hydrogen) atoms. The van der Waals surface area contributed by atoms with Gasteiger partial charge < -0.3 is 15.3 Å². The Labute approximate surface area is 105 Å². The summed E-state index contributed by atoms with van der Waals surface area (Å²) < 4.78 is 0. The molecule has 1 unspecified atom stereocenters. The van der Waals surface area contributed by atoms with Crippen LogP contribution in [0.4, 0.5) is 11.4 Å². The number of nitrogens with zero attached hydrogens (tertiary/aromatic N) is 1. The Hall–Kier alpha value is -2.04. The van der Waals surface area contributed by atoms with Gasteiger partial charge in [0, 0.05) is 7.05 Å². The molecule has 1 atom stereocenters. The number of carbonyl (C=O) groups is 2. The number of benzene rings is 1. The molecule has 0 aromatic heterocycles. The van der Waals surface area contributed by atoms with Gasteiger partial charge in [0.1, 0.15) is 6.04 Å². The van der Waals surface area contributed by atoms with Crippen molar-refractivity contribution in [3.8, 4) is 0 Å². The normalized spacial score (nSPS) is 18.2. The number of nitrogens with one attached hydrogen (secondary N) is 1. The maximum absolute atomic E-state index is 12.0. The number of hydrogen-bond acceptors (Lipinski definition) is 3. The molecule has 0 saturated carbocycles. The first-order valence-corrected chi connectivity index (χ1v) is 5.92. The molecule has 0 aliphatic carbocycles. The molecule has 1 aliphatic rings. The molecular weight excluding hydrogens is 232 g/mol. The highest BCUT2D eigenvalue weighted by atomic mass is 16.4. The van der Waals surface area contributed by atoms with E-state index in [9.17, 15) is 9.59 Å². The highest BCUT2D eigenvalue weighted by Gasteiger charge is 2.32. The van der Waals surface area contributed by atoms with Crippen LogP contribution in [0.3, 0.4) is 0 Å². The van der Waals surface area contributed by atoms with E-state index in [1.807, 2.05) is 25.1 Å². The second kappa shape index (κ2) is 4.68. The van der Waals surface area contributed by atoms with Gasteiger partial charge in [-0.25, -0.2) is 0 Å². The number of para-hydroxylation sites is 1. The van der Waals surface area contributed by atoms with Crippen molar-refractivity contribution in [2.45, 2.75) is 25.8 Å². The van der Waals surface area contributed by atoms with Crippen LogP contribution >= 0.6 is 0 Å². The summed E-state index contributed by atoms with van der Waals surface area (Å²) in [5.74, 6) is -1.23. The lowest BCUT2D eigenvalue weighted by molar-refractivity contribution is -0.138. The van der Waals surface area contributed by atoms with Crippen molar-refractivity contribution in [3.63, 3.8) is 0 Å². The topological polar surface area (TPSA) is 69.6 Å². The van der Waals surface area contributed by atoms with Crippen LogP contribution in [0, 0.1) is 0 Å². The third-order valence-electron chi connectivity index (χ3n) is 3.28. The molecule has 1 amide bonds. The maximum Gasteiger partial charge on any atom is 0.305 e. The summed E-state index contributed by atoms with van der Waals surface area (Å²) in [6.45, 7) is 2.02. The Morgan fingerprint density at radius 2 is 2.22 bits per heavy atom. The van der Waals surface area contributed by atoms with Crippen molar-refractivity contribution >= 4 is 23.3 Å². The lowest BCUT2D eigenvalue weighted by Crippen LogP contribution is -2.47. The molecule has 1 aliphatic heterocycles. The van der Waals surface area contributed by atoms with E-state index in [0.29, 0.717) is 0 Å². The first-order valence-electron chi connectivity index (χ1n) is 5.92. The lowest BCUT2D eigenvalue weighted by atomic mass is 10.0. The Morgan fingerprint density at radius 3 is 2.83 bits per heavy atom. The van der Waals surface area contributed by atoms with Gasteiger partial charge in [0.25, 0.3) is 0 Å². The quantitative estimate of drug-likeness (QED) is 0.850. The van der Waals surface area contributed by atoms with E-state index in [1.165, 1.54) is 0 Å². The number of hydrogen-bond donors (Lipinski definition) is 2. The molecule has 0 radical (unpaired) electrons. The molecule has 0 bridgehead atoms. The number of aliphatic carboxylic acids is 1. The SMILES string of the molecule is CCc1cccc2c1NC(=O)C(CC(=O)O)N2C. The first-order chi connectivity index (χ1) is 8.54. The van der Waals surface area contributed by atoms with Crippen molar-refractivity contribution in [1.82, 2.24) is 0 Å². The number of fused-ring (bicyclic) bond motifs is 1. The van der Waals surface area contributed by atoms with E-state index >= 15 is 0 Å². The zero-order chi connectivity index (χ0) is 13.3. The van der Waals surface area contributed by atoms with Crippen LogP contribution in [0.2, 0.25) is 0 Å². The van der Waals surface area contributed by atoms with Gasteiger partial charge in [0.15, 0.2) is 0 Å². The number of carboxylic acid groups (broad SMARTS) is 1. The fourth-order valence-electron chi connectivity index (χ4n) is 2.26. The summed E-state index contributed by atoms with van der Waals surface area (Å²) in [6.07, 6.45) is 0.624. The van der Waals surface area contributed by atoms with Gasteiger partial charge in [-0.05, 0) is 18.1 Å². The highest BCUT2D eigenvalue weighted by molar-refractivity contribution is 6.05. The number of anilines is 2. The van der Waals surface area contributed by atoms with Gasteiger partial charge in [-0.2, -0.15) is 0 Å². The number of amides is 1. The van der Waals surface area contributed by atoms with Gasteiger partial charge in [0.05, 0.1) is 17.8 Å². The molecule has 2 rings (SSSR count). The lowest BCUT2D eigenvalue weighted by Gasteiger charge is -2.35. The van der Waals surface area contributed by atoms with Crippen molar-refractivity contribution in [1.29, 1.82) is 0 Å². The minimum absolute atomic E-state index is 0.196. The predicted molar refractivity (Wildman–Crippen MR) is 68.9 cm³/mol. The van der Waals surface area contributed by atoms with Crippen LogP contribution in [0.15, 0.2) is 18.2 Å². The molecular formula is C13H16N2O3. The van der Waals surface area contributed by atoms with Crippen molar-refractivity contribution in [3.05, 3.63) is 23.8 Å². The molecule has 5 nitrogen and oxygen atoms in total.